The molecule has 1 atom stereocenters. The van der Waals surface area contributed by atoms with E-state index in [1.807, 2.05) is 0 Å². The molecular formula is C31H29F6N3O3. The number of carbonyl (C=O) groups excluding carboxylic acids is 1. The highest BCUT2D eigenvalue weighted by atomic mass is 19.4. The molecule has 1 amide bonds. The largest absolute Gasteiger partial charge is 0.497 e. The van der Waals surface area contributed by atoms with E-state index in [9.17, 15) is 35.9 Å². The van der Waals surface area contributed by atoms with Gasteiger partial charge in [0.15, 0.2) is 0 Å². The molecule has 0 fully saturated rings. The average molecular weight is 606 g/mol. The van der Waals surface area contributed by atoms with Crippen LogP contribution in [0.2, 0.25) is 0 Å². The van der Waals surface area contributed by atoms with Gasteiger partial charge in [-0.2, -0.15) is 26.3 Å². The standard InChI is InChI=1S/C31H29F6N3O3/c1-5-26(27-38-25-9-7-6-8-24(25)29(42)40(27)22-10-12-23(43-4)13-11-22)39(17-18(2)3)28(41)19-14-20(30(32,33)34)16-21(15-19)31(35,36)37/h6-16,18,26H,5,17H2,1-4H3. The Morgan fingerprint density at radius 3 is 2.02 bits per heavy atom. The summed E-state index contributed by atoms with van der Waals surface area (Å²) in [6.45, 7) is 5.16. The molecule has 43 heavy (non-hydrogen) atoms. The Balaban J connectivity index is 1.97. The van der Waals surface area contributed by atoms with E-state index < -0.39 is 46.6 Å². The van der Waals surface area contributed by atoms with Gasteiger partial charge in [-0.25, -0.2) is 4.98 Å². The molecule has 0 radical (unpaired) electrons. The second kappa shape index (κ2) is 12.1. The Hall–Kier alpha value is -4.35. The van der Waals surface area contributed by atoms with Crippen molar-refractivity contribution in [1.82, 2.24) is 14.5 Å². The van der Waals surface area contributed by atoms with E-state index in [0.29, 0.717) is 29.1 Å². The quantitative estimate of drug-likeness (QED) is 0.193. The van der Waals surface area contributed by atoms with Crippen molar-refractivity contribution in [2.24, 2.45) is 5.92 Å². The number of methoxy groups -OCH3 is 1. The van der Waals surface area contributed by atoms with Gasteiger partial charge in [-0.05, 0) is 66.9 Å². The Kier molecular flexibility index (Phi) is 8.89. The van der Waals surface area contributed by atoms with Crippen molar-refractivity contribution in [2.45, 2.75) is 45.6 Å². The van der Waals surface area contributed by atoms with Crippen LogP contribution in [0.1, 0.15) is 60.5 Å². The zero-order valence-corrected chi connectivity index (χ0v) is 23.8. The molecule has 0 aliphatic carbocycles. The van der Waals surface area contributed by atoms with Gasteiger partial charge in [-0.3, -0.25) is 14.2 Å². The van der Waals surface area contributed by atoms with Crippen LogP contribution in [-0.2, 0) is 12.4 Å². The molecule has 6 nitrogen and oxygen atoms in total. The predicted molar refractivity (Wildman–Crippen MR) is 149 cm³/mol. The minimum Gasteiger partial charge on any atom is -0.497 e. The summed E-state index contributed by atoms with van der Waals surface area (Å²) in [6.07, 6.45) is -10.1. The van der Waals surface area contributed by atoms with Crippen LogP contribution in [0, 0.1) is 5.92 Å². The number of benzene rings is 3. The smallest absolute Gasteiger partial charge is 0.416 e. The van der Waals surface area contributed by atoms with Crippen LogP contribution in [0.3, 0.4) is 0 Å². The maximum atomic E-state index is 14.0. The van der Waals surface area contributed by atoms with E-state index in [4.69, 9.17) is 9.72 Å². The number of nitrogens with zero attached hydrogens (tertiary/aromatic N) is 3. The first-order valence-corrected chi connectivity index (χ1v) is 13.4. The molecule has 0 saturated heterocycles. The Morgan fingerprint density at radius 1 is 0.930 bits per heavy atom. The number of carbonyl (C=O) groups is 1. The first-order valence-electron chi connectivity index (χ1n) is 13.4. The molecule has 1 aromatic heterocycles. The normalized spacial score (nSPS) is 12.9. The van der Waals surface area contributed by atoms with Crippen LogP contribution >= 0.6 is 0 Å². The lowest BCUT2D eigenvalue weighted by Gasteiger charge is -2.34. The van der Waals surface area contributed by atoms with Crippen molar-refractivity contribution in [3.8, 4) is 11.4 Å². The monoisotopic (exact) mass is 605 g/mol. The molecule has 1 unspecified atom stereocenters. The zero-order chi connectivity index (χ0) is 31.7. The third-order valence-corrected chi connectivity index (χ3v) is 6.85. The van der Waals surface area contributed by atoms with Crippen LogP contribution < -0.4 is 10.3 Å². The lowest BCUT2D eigenvalue weighted by Crippen LogP contribution is -2.40. The predicted octanol–water partition coefficient (Wildman–Crippen LogP) is 7.68. The summed E-state index contributed by atoms with van der Waals surface area (Å²) in [5.41, 5.74) is -3.72. The van der Waals surface area contributed by atoms with E-state index >= 15 is 0 Å². The molecule has 1 heterocycles. The summed E-state index contributed by atoms with van der Waals surface area (Å²) >= 11 is 0. The minimum atomic E-state index is -5.13. The maximum absolute atomic E-state index is 14.0. The first-order chi connectivity index (χ1) is 20.1. The molecule has 0 aliphatic rings. The van der Waals surface area contributed by atoms with E-state index in [1.54, 1.807) is 69.3 Å². The van der Waals surface area contributed by atoms with Gasteiger partial charge in [0.25, 0.3) is 11.5 Å². The summed E-state index contributed by atoms with van der Waals surface area (Å²) in [5, 5.41) is 0.284. The second-order valence-corrected chi connectivity index (χ2v) is 10.4. The highest BCUT2D eigenvalue weighted by molar-refractivity contribution is 5.95. The molecule has 4 rings (SSSR count). The third-order valence-electron chi connectivity index (χ3n) is 6.85. The van der Waals surface area contributed by atoms with E-state index in [0.717, 1.165) is 0 Å². The number of para-hydroxylation sites is 1. The van der Waals surface area contributed by atoms with Gasteiger partial charge in [-0.1, -0.05) is 32.9 Å². The summed E-state index contributed by atoms with van der Waals surface area (Å²) in [5.74, 6) is -0.678. The average Bonchev–Trinajstić information content (AvgIpc) is 2.95. The number of rotatable bonds is 8. The molecule has 12 heteroatoms. The van der Waals surface area contributed by atoms with Crippen LogP contribution in [0.5, 0.6) is 5.75 Å². The summed E-state index contributed by atoms with van der Waals surface area (Å²) in [4.78, 5) is 33.7. The van der Waals surface area contributed by atoms with Gasteiger partial charge in [0, 0.05) is 12.1 Å². The second-order valence-electron chi connectivity index (χ2n) is 10.4. The summed E-state index contributed by atoms with van der Waals surface area (Å²) < 4.78 is 88.4. The first kappa shape index (κ1) is 31.6. The Labute approximate surface area is 243 Å². The van der Waals surface area contributed by atoms with Gasteiger partial charge < -0.3 is 9.64 Å². The summed E-state index contributed by atoms with van der Waals surface area (Å²) in [6, 6.07) is 12.8. The molecule has 3 aromatic carbocycles. The fourth-order valence-electron chi connectivity index (χ4n) is 4.89. The number of aromatic nitrogens is 2. The van der Waals surface area contributed by atoms with Crippen LogP contribution in [0.4, 0.5) is 26.3 Å². The zero-order valence-electron chi connectivity index (χ0n) is 23.8. The number of ether oxygens (including phenoxy) is 1. The topological polar surface area (TPSA) is 64.4 Å². The molecular weight excluding hydrogens is 576 g/mol. The number of alkyl halides is 6. The third kappa shape index (κ3) is 6.68. The fourth-order valence-corrected chi connectivity index (χ4v) is 4.89. The van der Waals surface area contributed by atoms with Gasteiger partial charge in [0.1, 0.15) is 11.6 Å². The lowest BCUT2D eigenvalue weighted by molar-refractivity contribution is -0.143. The lowest BCUT2D eigenvalue weighted by atomic mass is 10.0. The number of fused-ring (bicyclic) bond motifs is 1. The highest BCUT2D eigenvalue weighted by Gasteiger charge is 2.39. The molecule has 0 bridgehead atoms. The van der Waals surface area contributed by atoms with Crippen molar-refractivity contribution in [3.05, 3.63) is 99.6 Å². The molecule has 0 saturated carbocycles. The van der Waals surface area contributed by atoms with Crippen molar-refractivity contribution < 1.29 is 35.9 Å². The van der Waals surface area contributed by atoms with Crippen molar-refractivity contribution >= 4 is 16.8 Å². The number of halogens is 6. The van der Waals surface area contributed by atoms with Crippen molar-refractivity contribution in [3.63, 3.8) is 0 Å². The van der Waals surface area contributed by atoms with E-state index in [1.165, 1.54) is 16.6 Å². The van der Waals surface area contributed by atoms with E-state index in [-0.39, 0.29) is 36.2 Å². The molecule has 0 aliphatic heterocycles. The molecule has 0 N–H and O–H groups in total. The van der Waals surface area contributed by atoms with Gasteiger partial charge in [0.2, 0.25) is 0 Å². The molecule has 0 spiro atoms. The van der Waals surface area contributed by atoms with Gasteiger partial charge in [-0.15, -0.1) is 0 Å². The Bertz CT molecular complexity index is 1650. The number of hydrogen-bond donors (Lipinski definition) is 0. The fraction of sp³-hybridized carbons (Fsp3) is 0.323. The van der Waals surface area contributed by atoms with Crippen LogP contribution in [0.25, 0.3) is 16.6 Å². The van der Waals surface area contributed by atoms with Crippen molar-refractivity contribution in [2.75, 3.05) is 13.7 Å². The minimum absolute atomic E-state index is 0.0207. The van der Waals surface area contributed by atoms with Crippen molar-refractivity contribution in [1.29, 1.82) is 0 Å². The molecule has 4 aromatic rings. The highest BCUT2D eigenvalue weighted by Crippen LogP contribution is 2.37. The van der Waals surface area contributed by atoms with Crippen LogP contribution in [-0.4, -0.2) is 34.0 Å². The Morgan fingerprint density at radius 2 is 1.51 bits per heavy atom. The number of hydrogen-bond acceptors (Lipinski definition) is 4. The van der Waals surface area contributed by atoms with Gasteiger partial charge in [0.05, 0.1) is 40.9 Å². The molecule has 228 valence electrons. The summed E-state index contributed by atoms with van der Waals surface area (Å²) in [7, 11) is 1.48. The SMILES string of the molecule is CCC(c1nc2ccccc2c(=O)n1-c1ccc(OC)cc1)N(CC(C)C)C(=O)c1cc(C(F)(F)F)cc(C(F)(F)F)c1. The maximum Gasteiger partial charge on any atom is 0.416 e. The van der Waals surface area contributed by atoms with E-state index in [2.05, 4.69) is 0 Å². The van der Waals surface area contributed by atoms with Gasteiger partial charge >= 0.3 is 12.4 Å². The number of amides is 1. The van der Waals surface area contributed by atoms with Crippen LogP contribution in [0.15, 0.2) is 71.5 Å².